The fraction of sp³-hybridized carbons (Fsp3) is 0.267. The van der Waals surface area contributed by atoms with E-state index in [1.807, 2.05) is 42.7 Å². The van der Waals surface area contributed by atoms with Gasteiger partial charge in [-0.05, 0) is 36.6 Å². The Bertz CT molecular complexity index is 559. The van der Waals surface area contributed by atoms with Crippen LogP contribution in [0.3, 0.4) is 0 Å². The highest BCUT2D eigenvalue weighted by molar-refractivity contribution is 7.98. The Morgan fingerprint density at radius 2 is 2.19 bits per heavy atom. The number of hydrogen-bond acceptors (Lipinski definition) is 4. The first-order chi connectivity index (χ1) is 10.3. The Kier molecular flexibility index (Phi) is 6.56. The minimum Gasteiger partial charge on any atom is -0.468 e. The van der Waals surface area contributed by atoms with Crippen molar-refractivity contribution in [3.05, 3.63) is 48.4 Å². The molecule has 1 heterocycles. The highest BCUT2D eigenvalue weighted by Crippen LogP contribution is 2.18. The third-order valence-corrected chi connectivity index (χ3v) is 4.39. The first-order valence-corrected chi connectivity index (χ1v) is 8.95. The van der Waals surface area contributed by atoms with Gasteiger partial charge in [-0.1, -0.05) is 6.07 Å². The van der Waals surface area contributed by atoms with Gasteiger partial charge in [-0.3, -0.25) is 0 Å². The molecule has 0 saturated heterocycles. The molecule has 4 nitrogen and oxygen atoms in total. The van der Waals surface area contributed by atoms with Gasteiger partial charge < -0.3 is 15.1 Å². The molecule has 0 radical (unpaired) electrons. The first kappa shape index (κ1) is 15.9. The molecule has 0 spiro atoms. The molecule has 1 aromatic heterocycles. The molecule has 0 unspecified atom stereocenters. The Morgan fingerprint density at radius 1 is 1.29 bits per heavy atom. The lowest BCUT2D eigenvalue weighted by molar-refractivity contribution is 0.252. The number of carbonyl (C=O) groups excluding carboxylic acids is 1. The van der Waals surface area contributed by atoms with E-state index < -0.39 is 0 Å². The summed E-state index contributed by atoms with van der Waals surface area (Å²) in [5.41, 5.74) is 0.808. The summed E-state index contributed by atoms with van der Waals surface area (Å²) in [7, 11) is 0. The van der Waals surface area contributed by atoms with Gasteiger partial charge >= 0.3 is 6.03 Å². The van der Waals surface area contributed by atoms with Gasteiger partial charge in [0.2, 0.25) is 0 Å². The van der Waals surface area contributed by atoms with Gasteiger partial charge in [0.25, 0.3) is 0 Å². The van der Waals surface area contributed by atoms with Crippen molar-refractivity contribution in [2.24, 2.45) is 0 Å². The van der Waals surface area contributed by atoms with E-state index in [1.165, 1.54) is 0 Å². The molecule has 2 N–H and O–H groups in total. The maximum Gasteiger partial charge on any atom is 0.319 e. The van der Waals surface area contributed by atoms with Gasteiger partial charge in [0.15, 0.2) is 0 Å². The fourth-order valence-corrected chi connectivity index (χ4v) is 2.90. The third kappa shape index (κ3) is 5.77. The molecule has 0 aliphatic carbocycles. The van der Waals surface area contributed by atoms with Crippen LogP contribution in [0.2, 0.25) is 0 Å². The summed E-state index contributed by atoms with van der Waals surface area (Å²) in [6, 6.07) is 11.4. The van der Waals surface area contributed by atoms with Crippen LogP contribution in [0.4, 0.5) is 10.5 Å². The quantitative estimate of drug-likeness (QED) is 0.596. The summed E-state index contributed by atoms with van der Waals surface area (Å²) < 4.78 is 5.24. The van der Waals surface area contributed by atoms with Crippen LogP contribution >= 0.6 is 23.5 Å². The number of nitrogens with one attached hydrogen (secondary N) is 2. The van der Waals surface area contributed by atoms with Gasteiger partial charge in [0, 0.05) is 22.9 Å². The summed E-state index contributed by atoms with van der Waals surface area (Å²) >= 11 is 3.37. The lowest BCUT2D eigenvalue weighted by Gasteiger charge is -2.08. The zero-order valence-electron chi connectivity index (χ0n) is 11.8. The second kappa shape index (κ2) is 8.69. The van der Waals surface area contributed by atoms with Crippen LogP contribution in [0.1, 0.15) is 5.76 Å². The topological polar surface area (TPSA) is 54.3 Å². The Hall–Kier alpha value is -1.53. The van der Waals surface area contributed by atoms with E-state index in [0.717, 1.165) is 27.8 Å². The van der Waals surface area contributed by atoms with Crippen LogP contribution in [-0.4, -0.2) is 24.6 Å². The maximum atomic E-state index is 11.7. The van der Waals surface area contributed by atoms with Crippen LogP contribution in [0.25, 0.3) is 0 Å². The second-order valence-corrected chi connectivity index (χ2v) is 6.23. The van der Waals surface area contributed by atoms with Crippen LogP contribution in [0.5, 0.6) is 0 Å². The van der Waals surface area contributed by atoms with Gasteiger partial charge in [-0.15, -0.1) is 11.8 Å². The van der Waals surface area contributed by atoms with E-state index in [4.69, 9.17) is 4.42 Å². The minimum absolute atomic E-state index is 0.174. The summed E-state index contributed by atoms with van der Waals surface area (Å²) in [6.07, 6.45) is 3.68. The smallest absolute Gasteiger partial charge is 0.319 e. The monoisotopic (exact) mass is 322 g/mol. The SMILES string of the molecule is CSc1cccc(NC(=O)NCCSCc2ccco2)c1. The maximum absolute atomic E-state index is 11.7. The van der Waals surface area contributed by atoms with E-state index in [0.29, 0.717) is 6.54 Å². The van der Waals surface area contributed by atoms with E-state index in [9.17, 15) is 4.79 Å². The van der Waals surface area contributed by atoms with Gasteiger partial charge in [-0.25, -0.2) is 4.79 Å². The first-order valence-electron chi connectivity index (χ1n) is 6.57. The number of furan rings is 1. The van der Waals surface area contributed by atoms with Crippen LogP contribution in [0, 0.1) is 0 Å². The van der Waals surface area contributed by atoms with E-state index in [-0.39, 0.29) is 6.03 Å². The second-order valence-electron chi connectivity index (χ2n) is 4.24. The van der Waals surface area contributed by atoms with Crippen molar-refractivity contribution in [3.63, 3.8) is 0 Å². The molecular formula is C15H18N2O2S2. The molecule has 0 bridgehead atoms. The Labute approximate surface area is 133 Å². The predicted octanol–water partition coefficient (Wildman–Crippen LogP) is 4.06. The average Bonchev–Trinajstić information content (AvgIpc) is 3.00. The van der Waals surface area contributed by atoms with Crippen molar-refractivity contribution in [1.29, 1.82) is 0 Å². The number of hydrogen-bond donors (Lipinski definition) is 2. The van der Waals surface area contributed by atoms with Crippen LogP contribution < -0.4 is 10.6 Å². The number of benzene rings is 1. The predicted molar refractivity (Wildman–Crippen MR) is 90.1 cm³/mol. The molecule has 2 aromatic rings. The summed E-state index contributed by atoms with van der Waals surface area (Å²) in [5, 5.41) is 5.67. The van der Waals surface area contributed by atoms with Gasteiger partial charge in [0.1, 0.15) is 5.76 Å². The van der Waals surface area contributed by atoms with Crippen molar-refractivity contribution >= 4 is 35.2 Å². The molecule has 0 aliphatic heterocycles. The summed E-state index contributed by atoms with van der Waals surface area (Å²) in [5.74, 6) is 2.63. The largest absolute Gasteiger partial charge is 0.468 e. The molecule has 2 rings (SSSR count). The number of carbonyl (C=O) groups is 1. The number of rotatable bonds is 7. The Morgan fingerprint density at radius 3 is 2.95 bits per heavy atom. The zero-order valence-corrected chi connectivity index (χ0v) is 13.4. The van der Waals surface area contributed by atoms with E-state index in [1.54, 1.807) is 29.8 Å². The number of anilines is 1. The van der Waals surface area contributed by atoms with E-state index in [2.05, 4.69) is 10.6 Å². The molecule has 0 aliphatic rings. The van der Waals surface area contributed by atoms with E-state index >= 15 is 0 Å². The standard InChI is InChI=1S/C15H18N2O2S2/c1-20-14-6-2-4-12(10-14)17-15(18)16-7-9-21-11-13-5-3-8-19-13/h2-6,8,10H,7,9,11H2,1H3,(H2,16,17,18). The van der Waals surface area contributed by atoms with Crippen LogP contribution in [0.15, 0.2) is 52.0 Å². The molecule has 0 fully saturated rings. The van der Waals surface area contributed by atoms with Crippen molar-refractivity contribution in [2.75, 3.05) is 23.9 Å². The van der Waals surface area contributed by atoms with Crippen molar-refractivity contribution < 1.29 is 9.21 Å². The lowest BCUT2D eigenvalue weighted by Crippen LogP contribution is -2.30. The number of urea groups is 1. The highest BCUT2D eigenvalue weighted by atomic mass is 32.2. The molecular weight excluding hydrogens is 304 g/mol. The lowest BCUT2D eigenvalue weighted by atomic mass is 10.3. The third-order valence-electron chi connectivity index (χ3n) is 2.68. The minimum atomic E-state index is -0.174. The molecule has 2 amide bonds. The average molecular weight is 322 g/mol. The molecule has 21 heavy (non-hydrogen) atoms. The fourth-order valence-electron chi connectivity index (χ4n) is 1.68. The summed E-state index contributed by atoms with van der Waals surface area (Å²) in [4.78, 5) is 12.9. The zero-order chi connectivity index (χ0) is 14.9. The molecule has 1 aromatic carbocycles. The van der Waals surface area contributed by atoms with Crippen LogP contribution in [-0.2, 0) is 5.75 Å². The molecule has 0 saturated carbocycles. The van der Waals surface area contributed by atoms with Gasteiger partial charge in [0.05, 0.1) is 12.0 Å². The molecule has 112 valence electrons. The van der Waals surface area contributed by atoms with Crippen molar-refractivity contribution in [2.45, 2.75) is 10.6 Å². The molecule has 0 atom stereocenters. The highest BCUT2D eigenvalue weighted by Gasteiger charge is 2.02. The molecule has 6 heteroatoms. The van der Waals surface area contributed by atoms with Crippen molar-refractivity contribution in [1.82, 2.24) is 5.32 Å². The Balaban J connectivity index is 1.63. The number of amides is 2. The normalized spacial score (nSPS) is 10.3. The number of thioether (sulfide) groups is 2. The van der Waals surface area contributed by atoms with Crippen molar-refractivity contribution in [3.8, 4) is 0 Å². The van der Waals surface area contributed by atoms with Gasteiger partial charge in [-0.2, -0.15) is 11.8 Å². The summed E-state index contributed by atoms with van der Waals surface area (Å²) in [6.45, 7) is 0.624.